The van der Waals surface area contributed by atoms with Gasteiger partial charge in [-0.1, -0.05) is 49.7 Å². The van der Waals surface area contributed by atoms with Crippen molar-refractivity contribution in [2.45, 2.75) is 26.3 Å². The van der Waals surface area contributed by atoms with E-state index in [1.54, 1.807) is 6.07 Å². The quantitative estimate of drug-likeness (QED) is 0.800. The monoisotopic (exact) mass is 289 g/mol. The number of rotatable bonds is 7. The van der Waals surface area contributed by atoms with Gasteiger partial charge < -0.3 is 5.32 Å². The van der Waals surface area contributed by atoms with Crippen molar-refractivity contribution in [3.63, 3.8) is 0 Å². The van der Waals surface area contributed by atoms with Gasteiger partial charge in [0.1, 0.15) is 11.6 Å². The highest BCUT2D eigenvalue weighted by Gasteiger charge is 2.11. The molecule has 1 N–H and O–H groups in total. The van der Waals surface area contributed by atoms with Crippen molar-refractivity contribution >= 4 is 0 Å². The van der Waals surface area contributed by atoms with Crippen LogP contribution in [0.25, 0.3) is 0 Å². The van der Waals surface area contributed by atoms with E-state index in [9.17, 15) is 8.78 Å². The van der Waals surface area contributed by atoms with Gasteiger partial charge in [0, 0.05) is 12.6 Å². The Bertz CT molecular complexity index is 554. The van der Waals surface area contributed by atoms with E-state index < -0.39 is 11.6 Å². The third-order valence-corrected chi connectivity index (χ3v) is 3.71. The number of hydrogen-bond donors (Lipinski definition) is 1. The summed E-state index contributed by atoms with van der Waals surface area (Å²) in [4.78, 5) is 0. The molecule has 2 rings (SSSR count). The third kappa shape index (κ3) is 4.94. The number of hydrogen-bond acceptors (Lipinski definition) is 1. The third-order valence-electron chi connectivity index (χ3n) is 3.71. The maximum atomic E-state index is 13.7. The van der Waals surface area contributed by atoms with Crippen LogP contribution in [0.3, 0.4) is 0 Å². The van der Waals surface area contributed by atoms with Crippen LogP contribution in [0.1, 0.15) is 24.5 Å². The van der Waals surface area contributed by atoms with E-state index >= 15 is 0 Å². The Hall–Kier alpha value is -1.74. The van der Waals surface area contributed by atoms with Crippen molar-refractivity contribution in [2.24, 2.45) is 5.92 Å². The second-order valence-corrected chi connectivity index (χ2v) is 5.33. The van der Waals surface area contributed by atoms with Gasteiger partial charge in [-0.3, -0.25) is 0 Å². The molecule has 0 bridgehead atoms. The number of benzene rings is 2. The highest BCUT2D eigenvalue weighted by Crippen LogP contribution is 2.16. The largest absolute Gasteiger partial charge is 0.312 e. The SMILES string of the molecule is CCC(CNCc1ccccc1)Cc1ccc(F)cc1F. The van der Waals surface area contributed by atoms with Gasteiger partial charge in [0.05, 0.1) is 0 Å². The van der Waals surface area contributed by atoms with Crippen molar-refractivity contribution in [3.8, 4) is 0 Å². The molecule has 0 aromatic heterocycles. The molecule has 0 aliphatic heterocycles. The Labute approximate surface area is 125 Å². The first-order valence-corrected chi connectivity index (χ1v) is 7.37. The average Bonchev–Trinajstić information content (AvgIpc) is 2.49. The smallest absolute Gasteiger partial charge is 0.129 e. The van der Waals surface area contributed by atoms with Gasteiger partial charge in [0.2, 0.25) is 0 Å². The normalized spacial score (nSPS) is 12.3. The summed E-state index contributed by atoms with van der Waals surface area (Å²) in [5.74, 6) is -0.628. The van der Waals surface area contributed by atoms with E-state index in [1.165, 1.54) is 11.6 Å². The number of halogens is 2. The molecule has 21 heavy (non-hydrogen) atoms. The minimum Gasteiger partial charge on any atom is -0.312 e. The van der Waals surface area contributed by atoms with Crippen LogP contribution in [-0.2, 0) is 13.0 Å². The van der Waals surface area contributed by atoms with Crippen molar-refractivity contribution in [1.29, 1.82) is 0 Å². The highest BCUT2D eigenvalue weighted by molar-refractivity contribution is 5.19. The van der Waals surface area contributed by atoms with E-state index in [0.29, 0.717) is 17.9 Å². The van der Waals surface area contributed by atoms with Gasteiger partial charge in [-0.15, -0.1) is 0 Å². The lowest BCUT2D eigenvalue weighted by molar-refractivity contribution is 0.449. The average molecular weight is 289 g/mol. The van der Waals surface area contributed by atoms with E-state index in [2.05, 4.69) is 24.4 Å². The molecule has 0 saturated carbocycles. The van der Waals surface area contributed by atoms with Gasteiger partial charge >= 0.3 is 0 Å². The van der Waals surface area contributed by atoms with Crippen LogP contribution >= 0.6 is 0 Å². The Morgan fingerprint density at radius 2 is 1.81 bits per heavy atom. The van der Waals surface area contributed by atoms with Gasteiger partial charge in [-0.2, -0.15) is 0 Å². The maximum Gasteiger partial charge on any atom is 0.129 e. The van der Waals surface area contributed by atoms with Crippen molar-refractivity contribution in [2.75, 3.05) is 6.54 Å². The maximum absolute atomic E-state index is 13.7. The summed E-state index contributed by atoms with van der Waals surface area (Å²) in [7, 11) is 0. The Morgan fingerprint density at radius 1 is 1.05 bits per heavy atom. The standard InChI is InChI=1S/C18H21F2N/c1-2-14(10-16-8-9-17(19)11-18(16)20)12-21-13-15-6-4-3-5-7-15/h3-9,11,14,21H,2,10,12-13H2,1H3. The highest BCUT2D eigenvalue weighted by atomic mass is 19.1. The molecule has 0 fully saturated rings. The molecule has 2 aromatic rings. The second kappa shape index (κ2) is 7.89. The summed E-state index contributed by atoms with van der Waals surface area (Å²) in [6.07, 6.45) is 1.59. The van der Waals surface area contributed by atoms with Gasteiger partial charge in [0.25, 0.3) is 0 Å². The lowest BCUT2D eigenvalue weighted by atomic mass is 9.96. The van der Waals surface area contributed by atoms with Crippen LogP contribution in [0, 0.1) is 17.6 Å². The topological polar surface area (TPSA) is 12.0 Å². The first-order valence-electron chi connectivity index (χ1n) is 7.37. The van der Waals surface area contributed by atoms with Crippen LogP contribution in [0.5, 0.6) is 0 Å². The summed E-state index contributed by atoms with van der Waals surface area (Å²) in [6.45, 7) is 3.72. The molecule has 2 aromatic carbocycles. The summed E-state index contributed by atoms with van der Waals surface area (Å²) >= 11 is 0. The fraction of sp³-hybridized carbons (Fsp3) is 0.333. The van der Waals surface area contributed by atoms with Crippen molar-refractivity contribution in [1.82, 2.24) is 5.32 Å². The molecule has 1 unspecified atom stereocenters. The lowest BCUT2D eigenvalue weighted by Gasteiger charge is -2.16. The Balaban J connectivity index is 1.85. The van der Waals surface area contributed by atoms with Crippen molar-refractivity contribution in [3.05, 3.63) is 71.3 Å². The molecule has 3 heteroatoms. The minimum absolute atomic E-state index is 0.341. The molecular weight excluding hydrogens is 268 g/mol. The van der Waals surface area contributed by atoms with Crippen LogP contribution in [0.4, 0.5) is 8.78 Å². The zero-order chi connectivity index (χ0) is 15.1. The number of nitrogens with one attached hydrogen (secondary N) is 1. The van der Waals surface area contributed by atoms with E-state index in [4.69, 9.17) is 0 Å². The van der Waals surface area contributed by atoms with E-state index in [1.807, 2.05) is 18.2 Å². The summed E-state index contributed by atoms with van der Waals surface area (Å²) < 4.78 is 26.6. The molecule has 1 atom stereocenters. The van der Waals surface area contributed by atoms with Gasteiger partial charge in [-0.25, -0.2) is 8.78 Å². The predicted octanol–water partition coefficient (Wildman–Crippen LogP) is 4.32. The van der Waals surface area contributed by atoms with Gasteiger partial charge in [0.15, 0.2) is 0 Å². The molecule has 0 amide bonds. The molecule has 0 heterocycles. The first-order chi connectivity index (χ1) is 10.2. The zero-order valence-corrected chi connectivity index (χ0v) is 12.3. The van der Waals surface area contributed by atoms with Gasteiger partial charge in [-0.05, 0) is 36.1 Å². The lowest BCUT2D eigenvalue weighted by Crippen LogP contribution is -2.24. The second-order valence-electron chi connectivity index (χ2n) is 5.33. The molecule has 0 aliphatic rings. The van der Waals surface area contributed by atoms with Crippen LogP contribution in [-0.4, -0.2) is 6.54 Å². The predicted molar refractivity (Wildman–Crippen MR) is 82.0 cm³/mol. The molecule has 0 spiro atoms. The molecule has 1 nitrogen and oxygen atoms in total. The fourth-order valence-corrected chi connectivity index (χ4v) is 2.38. The Kier molecular flexibility index (Phi) is 5.88. The zero-order valence-electron chi connectivity index (χ0n) is 12.3. The molecule has 0 saturated heterocycles. The van der Waals surface area contributed by atoms with Crippen LogP contribution < -0.4 is 5.32 Å². The van der Waals surface area contributed by atoms with E-state index in [-0.39, 0.29) is 0 Å². The summed E-state index contributed by atoms with van der Waals surface area (Å²) in [5, 5.41) is 3.41. The Morgan fingerprint density at radius 3 is 2.48 bits per heavy atom. The van der Waals surface area contributed by atoms with E-state index in [0.717, 1.165) is 25.6 Å². The molecule has 0 radical (unpaired) electrons. The summed E-state index contributed by atoms with van der Waals surface area (Å²) in [6, 6.07) is 14.0. The van der Waals surface area contributed by atoms with Crippen LogP contribution in [0.15, 0.2) is 48.5 Å². The minimum atomic E-state index is -0.522. The fourth-order valence-electron chi connectivity index (χ4n) is 2.38. The van der Waals surface area contributed by atoms with Crippen molar-refractivity contribution < 1.29 is 8.78 Å². The molecular formula is C18H21F2N. The molecule has 0 aliphatic carbocycles. The summed E-state index contributed by atoms with van der Waals surface area (Å²) in [5.41, 5.74) is 1.82. The first kappa shape index (κ1) is 15.6. The molecule has 112 valence electrons. The van der Waals surface area contributed by atoms with Crippen LogP contribution in [0.2, 0.25) is 0 Å².